The van der Waals surface area contributed by atoms with Crippen molar-refractivity contribution in [1.29, 1.82) is 0 Å². The number of halogens is 2. The Morgan fingerprint density at radius 1 is 1.04 bits per heavy atom. The maximum absolute atomic E-state index is 13.8. The van der Waals surface area contributed by atoms with E-state index in [0.717, 1.165) is 31.5 Å². The molecule has 2 aromatic rings. The number of nitrogens with zero attached hydrogens (tertiary/aromatic N) is 3. The van der Waals surface area contributed by atoms with Crippen LogP contribution in [0.5, 0.6) is 11.5 Å². The van der Waals surface area contributed by atoms with Crippen LogP contribution in [-0.4, -0.2) is 115 Å². The summed E-state index contributed by atoms with van der Waals surface area (Å²) in [7, 11) is 3.93. The molecule has 0 saturated carbocycles. The number of aliphatic hydroxyl groups excluding tert-OH is 1. The first-order chi connectivity index (χ1) is 22.7. The molecule has 3 aliphatic heterocycles. The van der Waals surface area contributed by atoms with Crippen molar-refractivity contribution in [2.45, 2.75) is 69.7 Å². The minimum atomic E-state index is -0.909. The van der Waals surface area contributed by atoms with Crippen molar-refractivity contribution in [1.82, 2.24) is 25.3 Å². The van der Waals surface area contributed by atoms with Gasteiger partial charge in [-0.1, -0.05) is 25.5 Å². The summed E-state index contributed by atoms with van der Waals surface area (Å²) in [4.78, 5) is 46.1. The average molecular weight is 723 g/mol. The van der Waals surface area contributed by atoms with E-state index < -0.39 is 17.7 Å². The van der Waals surface area contributed by atoms with Crippen molar-refractivity contribution < 1.29 is 29.0 Å². The molecule has 0 bridgehead atoms. The zero-order valence-corrected chi connectivity index (χ0v) is 30.5. The summed E-state index contributed by atoms with van der Waals surface area (Å²) < 4.78 is 11.5. The minimum absolute atomic E-state index is 0. The number of unbranched alkanes of at least 4 members (excludes halogenated alkanes) is 1. The van der Waals surface area contributed by atoms with Crippen LogP contribution in [0.4, 0.5) is 0 Å². The molecule has 3 heterocycles. The Hall–Kier alpha value is -2.93. The van der Waals surface area contributed by atoms with Gasteiger partial charge in [-0.2, -0.15) is 0 Å². The normalized spacial score (nSPS) is 20.3. The Bertz CT molecular complexity index is 1350. The highest BCUT2D eigenvalue weighted by Gasteiger charge is 2.55. The molecule has 3 N–H and O–H groups in total. The summed E-state index contributed by atoms with van der Waals surface area (Å²) in [6.45, 7) is 7.20. The lowest BCUT2D eigenvalue weighted by Crippen LogP contribution is -2.75. The van der Waals surface area contributed by atoms with Crippen LogP contribution in [-0.2, 0) is 20.9 Å². The quantitative estimate of drug-likeness (QED) is 0.285. The molecule has 5 rings (SSSR count). The van der Waals surface area contributed by atoms with Crippen molar-refractivity contribution in [2.24, 2.45) is 5.92 Å². The van der Waals surface area contributed by atoms with Gasteiger partial charge in [0, 0.05) is 58.0 Å². The Morgan fingerprint density at radius 3 is 2.24 bits per heavy atom. The van der Waals surface area contributed by atoms with Crippen LogP contribution in [0, 0.1) is 5.92 Å². The van der Waals surface area contributed by atoms with Crippen LogP contribution in [0.1, 0.15) is 61.4 Å². The molecule has 3 amide bonds. The predicted molar refractivity (Wildman–Crippen MR) is 194 cm³/mol. The number of piperidine rings is 1. The summed E-state index contributed by atoms with van der Waals surface area (Å²) in [5, 5.41) is 17.0. The van der Waals surface area contributed by atoms with Gasteiger partial charge < -0.3 is 35.0 Å². The van der Waals surface area contributed by atoms with Gasteiger partial charge in [0.25, 0.3) is 5.91 Å². The molecule has 0 unspecified atom stereocenters. The molecular formula is C36H53Cl2N5O6. The number of nitrogens with one attached hydrogen (secondary N) is 2. The molecule has 3 aliphatic rings. The second kappa shape index (κ2) is 18.9. The second-order valence-corrected chi connectivity index (χ2v) is 13.4. The molecule has 2 atom stereocenters. The number of aliphatic hydroxyl groups is 1. The van der Waals surface area contributed by atoms with Gasteiger partial charge in [0.2, 0.25) is 11.8 Å². The molecule has 0 aliphatic carbocycles. The first-order valence-corrected chi connectivity index (χ1v) is 17.1. The molecule has 1 spiro atoms. The zero-order chi connectivity index (χ0) is 33.4. The van der Waals surface area contributed by atoms with E-state index in [0.29, 0.717) is 82.1 Å². The highest BCUT2D eigenvalue weighted by molar-refractivity contribution is 6.00. The fourth-order valence-electron chi connectivity index (χ4n) is 6.84. The highest BCUT2D eigenvalue weighted by atomic mass is 35.5. The molecule has 3 fully saturated rings. The van der Waals surface area contributed by atoms with E-state index in [9.17, 15) is 19.5 Å². The lowest BCUT2D eigenvalue weighted by Gasteiger charge is -2.52. The molecule has 49 heavy (non-hydrogen) atoms. The summed E-state index contributed by atoms with van der Waals surface area (Å²) in [6.07, 6.45) is 3.31. The van der Waals surface area contributed by atoms with Crippen LogP contribution in [0.3, 0.4) is 0 Å². The third-order valence-corrected chi connectivity index (χ3v) is 9.79. The number of carbonyl (C=O) groups is 3. The van der Waals surface area contributed by atoms with Gasteiger partial charge in [-0.25, -0.2) is 0 Å². The topological polar surface area (TPSA) is 124 Å². The number of likely N-dealkylation sites (tertiary alicyclic amines) is 1. The molecule has 13 heteroatoms. The molecule has 0 radical (unpaired) electrons. The number of likely N-dealkylation sites (N-methyl/N-ethyl adjacent to an activating group) is 1. The molecule has 2 aromatic carbocycles. The number of hydrogen-bond donors (Lipinski definition) is 3. The van der Waals surface area contributed by atoms with Gasteiger partial charge in [0.1, 0.15) is 23.1 Å². The Morgan fingerprint density at radius 2 is 1.65 bits per heavy atom. The number of hydrogen-bond acceptors (Lipinski definition) is 8. The van der Waals surface area contributed by atoms with E-state index in [1.165, 1.54) is 0 Å². The Labute approximate surface area is 302 Å². The van der Waals surface area contributed by atoms with Crippen molar-refractivity contribution >= 4 is 42.5 Å². The second-order valence-electron chi connectivity index (χ2n) is 13.4. The van der Waals surface area contributed by atoms with Gasteiger partial charge in [-0.15, -0.1) is 24.8 Å². The van der Waals surface area contributed by atoms with Crippen molar-refractivity contribution in [3.05, 3.63) is 59.7 Å². The number of piperazine rings is 1. The summed E-state index contributed by atoms with van der Waals surface area (Å²) in [5.74, 6) is 0.901. The van der Waals surface area contributed by atoms with Crippen LogP contribution in [0.25, 0.3) is 0 Å². The summed E-state index contributed by atoms with van der Waals surface area (Å²) in [5.41, 5.74) is 0.838. The smallest absolute Gasteiger partial charge is 0.251 e. The van der Waals surface area contributed by atoms with Crippen LogP contribution in [0.15, 0.2) is 48.5 Å². The van der Waals surface area contributed by atoms with E-state index in [-0.39, 0.29) is 48.5 Å². The molecule has 3 saturated heterocycles. The zero-order valence-electron chi connectivity index (χ0n) is 28.9. The molecule has 272 valence electrons. The monoisotopic (exact) mass is 721 g/mol. The van der Waals surface area contributed by atoms with Crippen LogP contribution in [0.2, 0.25) is 0 Å². The van der Waals surface area contributed by atoms with Gasteiger partial charge in [0.15, 0.2) is 0 Å². The maximum atomic E-state index is 13.8. The number of benzene rings is 2. The number of amides is 3. The van der Waals surface area contributed by atoms with E-state index in [1.54, 1.807) is 29.2 Å². The van der Waals surface area contributed by atoms with Crippen molar-refractivity contribution in [2.75, 3.05) is 60.0 Å². The third-order valence-electron chi connectivity index (χ3n) is 9.79. The third kappa shape index (κ3) is 10.1. The largest absolute Gasteiger partial charge is 0.457 e. The van der Waals surface area contributed by atoms with Gasteiger partial charge in [-0.05, 0) is 94.1 Å². The van der Waals surface area contributed by atoms with Crippen LogP contribution >= 0.6 is 24.8 Å². The SMILES string of the molecule is CCCCN1C(=O)[C@@H]([C@H](O)C2CCOCC2)NC(=O)C12CCN(Cc1ccc(Oc3ccc(C(=O)NCCN(C)C)cc3)cc1)CC2.Cl.Cl. The Balaban J connectivity index is 0.00000325. The van der Waals surface area contributed by atoms with E-state index >= 15 is 0 Å². The molecule has 0 aromatic heterocycles. The lowest BCUT2D eigenvalue weighted by atomic mass is 9.79. The number of rotatable bonds is 13. The number of ether oxygens (including phenoxy) is 2. The van der Waals surface area contributed by atoms with Gasteiger partial charge >= 0.3 is 0 Å². The van der Waals surface area contributed by atoms with E-state index in [2.05, 4.69) is 22.5 Å². The first-order valence-electron chi connectivity index (χ1n) is 17.1. The van der Waals surface area contributed by atoms with Gasteiger partial charge in [-0.3, -0.25) is 19.3 Å². The minimum Gasteiger partial charge on any atom is -0.457 e. The first kappa shape index (κ1) is 40.5. The van der Waals surface area contributed by atoms with Gasteiger partial charge in [0.05, 0.1) is 6.10 Å². The summed E-state index contributed by atoms with van der Waals surface area (Å²) in [6, 6.07) is 14.2. The number of carbonyl (C=O) groups excluding carboxylic acids is 3. The lowest BCUT2D eigenvalue weighted by molar-refractivity contribution is -0.166. The molecular weight excluding hydrogens is 669 g/mol. The molecule has 11 nitrogen and oxygen atoms in total. The van der Waals surface area contributed by atoms with Crippen LogP contribution < -0.4 is 15.4 Å². The predicted octanol–water partition coefficient (Wildman–Crippen LogP) is 3.86. The van der Waals surface area contributed by atoms with E-state index in [1.807, 2.05) is 43.3 Å². The fraction of sp³-hybridized carbons (Fsp3) is 0.583. The Kier molecular flexibility index (Phi) is 15.6. The average Bonchev–Trinajstić information content (AvgIpc) is 3.08. The summed E-state index contributed by atoms with van der Waals surface area (Å²) >= 11 is 0. The maximum Gasteiger partial charge on any atom is 0.251 e. The highest BCUT2D eigenvalue weighted by Crippen LogP contribution is 2.36. The van der Waals surface area contributed by atoms with Crippen molar-refractivity contribution in [3.63, 3.8) is 0 Å². The van der Waals surface area contributed by atoms with E-state index in [4.69, 9.17) is 9.47 Å². The standard InChI is InChI=1S/C36H51N5O6.2ClH/c1-4-5-19-41-34(44)31(32(42)27-14-23-46-24-15-27)38-35(45)36(41)16-20-40(21-17-36)25-26-6-10-29(11-7-26)47-30-12-8-28(9-13-30)33(43)37-18-22-39(2)3;;/h6-13,27,31-32,42H,4-5,14-25H2,1-3H3,(H,37,43)(H,38,45);2*1H/t31-,32-;;/m1../s1. The van der Waals surface area contributed by atoms with Crippen molar-refractivity contribution in [3.8, 4) is 11.5 Å². The fourth-order valence-corrected chi connectivity index (χ4v) is 6.84.